The van der Waals surface area contributed by atoms with Gasteiger partial charge in [0, 0.05) is 0 Å². The number of hydrazine groups is 1. The normalized spacial score (nSPS) is 16.2. The molecule has 3 rings (SSSR count). The van der Waals surface area contributed by atoms with Gasteiger partial charge in [0.1, 0.15) is 5.75 Å². The van der Waals surface area contributed by atoms with E-state index in [9.17, 15) is 9.59 Å². The van der Waals surface area contributed by atoms with Crippen LogP contribution in [0.5, 0.6) is 5.75 Å². The molecule has 0 aromatic heterocycles. The third kappa shape index (κ3) is 3.17. The lowest BCUT2D eigenvalue weighted by Crippen LogP contribution is -2.52. The quantitative estimate of drug-likeness (QED) is 0.503. The van der Waals surface area contributed by atoms with Gasteiger partial charge in [-0.25, -0.2) is 5.84 Å². The number of nitrogens with zero attached hydrogens (tertiary/aromatic N) is 1. The zero-order valence-corrected chi connectivity index (χ0v) is 12.4. The van der Waals surface area contributed by atoms with Crippen LogP contribution in [0.15, 0.2) is 54.6 Å². The Labute approximate surface area is 133 Å². The Morgan fingerprint density at radius 2 is 1.83 bits per heavy atom. The third-order valence-corrected chi connectivity index (χ3v) is 3.71. The van der Waals surface area contributed by atoms with Crippen LogP contribution in [-0.4, -0.2) is 24.5 Å². The van der Waals surface area contributed by atoms with Gasteiger partial charge >= 0.3 is 0 Å². The van der Waals surface area contributed by atoms with Crippen molar-refractivity contribution in [2.24, 2.45) is 5.84 Å². The molecule has 23 heavy (non-hydrogen) atoms. The molecule has 1 aliphatic heterocycles. The molecular formula is C17H17N3O3. The van der Waals surface area contributed by atoms with Crippen molar-refractivity contribution in [2.75, 3.05) is 11.4 Å². The number of amides is 2. The van der Waals surface area contributed by atoms with Gasteiger partial charge < -0.3 is 9.64 Å². The number of benzene rings is 2. The van der Waals surface area contributed by atoms with Crippen molar-refractivity contribution in [3.63, 3.8) is 0 Å². The Kier molecular flexibility index (Phi) is 4.25. The number of rotatable bonds is 3. The summed E-state index contributed by atoms with van der Waals surface area (Å²) in [6.07, 6.45) is -0.568. The molecule has 6 heteroatoms. The number of nitrogens with one attached hydrogen (secondary N) is 1. The highest BCUT2D eigenvalue weighted by Crippen LogP contribution is 2.33. The topological polar surface area (TPSA) is 84.7 Å². The second kappa shape index (κ2) is 6.50. The Morgan fingerprint density at radius 1 is 1.13 bits per heavy atom. The summed E-state index contributed by atoms with van der Waals surface area (Å²) in [5, 5.41) is 0. The fraction of sp³-hybridized carbons (Fsp3) is 0.176. The van der Waals surface area contributed by atoms with Crippen LogP contribution in [-0.2, 0) is 16.0 Å². The minimum atomic E-state index is -0.824. The molecule has 3 N–H and O–H groups in total. The third-order valence-electron chi connectivity index (χ3n) is 3.71. The van der Waals surface area contributed by atoms with Gasteiger partial charge in [-0.3, -0.25) is 15.0 Å². The molecule has 1 unspecified atom stereocenters. The van der Waals surface area contributed by atoms with Crippen molar-refractivity contribution in [1.82, 2.24) is 5.43 Å². The van der Waals surface area contributed by atoms with E-state index in [1.54, 1.807) is 23.1 Å². The summed E-state index contributed by atoms with van der Waals surface area (Å²) in [6, 6.07) is 16.6. The molecule has 0 aliphatic carbocycles. The van der Waals surface area contributed by atoms with E-state index in [2.05, 4.69) is 5.43 Å². The molecule has 0 spiro atoms. The second-order valence-corrected chi connectivity index (χ2v) is 5.25. The monoisotopic (exact) mass is 311 g/mol. The minimum absolute atomic E-state index is 0.0956. The predicted molar refractivity (Wildman–Crippen MR) is 85.7 cm³/mol. The zero-order chi connectivity index (χ0) is 16.2. The zero-order valence-electron chi connectivity index (χ0n) is 12.4. The van der Waals surface area contributed by atoms with Crippen LogP contribution in [0, 0.1) is 0 Å². The van der Waals surface area contributed by atoms with Gasteiger partial charge in [-0.1, -0.05) is 42.5 Å². The van der Waals surface area contributed by atoms with Crippen molar-refractivity contribution < 1.29 is 14.3 Å². The second-order valence-electron chi connectivity index (χ2n) is 5.25. The maximum Gasteiger partial charge on any atom is 0.276 e. The van der Waals surface area contributed by atoms with Gasteiger partial charge in [0.2, 0.25) is 5.91 Å². The van der Waals surface area contributed by atoms with E-state index in [1.165, 1.54) is 0 Å². The van der Waals surface area contributed by atoms with E-state index in [-0.39, 0.29) is 18.9 Å². The van der Waals surface area contributed by atoms with Crippen LogP contribution in [0.3, 0.4) is 0 Å². The first-order chi connectivity index (χ1) is 11.2. The smallest absolute Gasteiger partial charge is 0.276 e. The Hall–Kier alpha value is -2.86. The number of hydrogen-bond acceptors (Lipinski definition) is 4. The van der Waals surface area contributed by atoms with Crippen molar-refractivity contribution in [3.8, 4) is 5.75 Å². The Bertz CT molecular complexity index is 718. The molecule has 0 fully saturated rings. The SMILES string of the molecule is NNC(=O)C1CN(C(=O)Cc2ccccc2)c2ccccc2O1. The Morgan fingerprint density at radius 3 is 2.57 bits per heavy atom. The number of ether oxygens (including phenoxy) is 1. The fourth-order valence-electron chi connectivity index (χ4n) is 2.57. The van der Waals surface area contributed by atoms with Crippen molar-refractivity contribution >= 4 is 17.5 Å². The van der Waals surface area contributed by atoms with E-state index in [0.717, 1.165) is 5.56 Å². The van der Waals surface area contributed by atoms with Crippen LogP contribution < -0.4 is 20.9 Å². The highest BCUT2D eigenvalue weighted by Gasteiger charge is 2.33. The average molecular weight is 311 g/mol. The number of para-hydroxylation sites is 2. The van der Waals surface area contributed by atoms with Gasteiger partial charge in [0.15, 0.2) is 6.10 Å². The molecule has 0 saturated heterocycles. The summed E-state index contributed by atoms with van der Waals surface area (Å²) < 4.78 is 5.63. The highest BCUT2D eigenvalue weighted by atomic mass is 16.5. The molecule has 0 saturated carbocycles. The van der Waals surface area contributed by atoms with E-state index >= 15 is 0 Å². The van der Waals surface area contributed by atoms with Crippen LogP contribution in [0.4, 0.5) is 5.69 Å². The first-order valence-corrected chi connectivity index (χ1v) is 7.29. The summed E-state index contributed by atoms with van der Waals surface area (Å²) in [6.45, 7) is 0.131. The molecule has 0 radical (unpaired) electrons. The molecular weight excluding hydrogens is 294 g/mol. The molecule has 2 aromatic rings. The number of anilines is 1. The lowest BCUT2D eigenvalue weighted by molar-refractivity contribution is -0.128. The summed E-state index contributed by atoms with van der Waals surface area (Å²) in [5.41, 5.74) is 3.65. The average Bonchev–Trinajstić information content (AvgIpc) is 2.60. The van der Waals surface area contributed by atoms with Crippen LogP contribution in [0.1, 0.15) is 5.56 Å². The number of fused-ring (bicyclic) bond motifs is 1. The van der Waals surface area contributed by atoms with Gasteiger partial charge in [-0.05, 0) is 17.7 Å². The van der Waals surface area contributed by atoms with Gasteiger partial charge in [0.05, 0.1) is 18.7 Å². The van der Waals surface area contributed by atoms with Crippen molar-refractivity contribution in [1.29, 1.82) is 0 Å². The first kappa shape index (κ1) is 15.1. The minimum Gasteiger partial charge on any atom is -0.476 e. The van der Waals surface area contributed by atoms with E-state index in [1.807, 2.05) is 36.4 Å². The maximum atomic E-state index is 12.7. The van der Waals surface area contributed by atoms with Crippen LogP contribution in [0.25, 0.3) is 0 Å². The molecule has 1 aliphatic rings. The predicted octanol–water partition coefficient (Wildman–Crippen LogP) is 1.01. The van der Waals surface area contributed by atoms with E-state index < -0.39 is 12.0 Å². The molecule has 1 heterocycles. The molecule has 2 aromatic carbocycles. The van der Waals surface area contributed by atoms with Crippen molar-refractivity contribution in [2.45, 2.75) is 12.5 Å². The van der Waals surface area contributed by atoms with Gasteiger partial charge in [-0.2, -0.15) is 0 Å². The maximum absolute atomic E-state index is 12.7. The molecule has 6 nitrogen and oxygen atoms in total. The highest BCUT2D eigenvalue weighted by molar-refractivity contribution is 5.98. The summed E-state index contributed by atoms with van der Waals surface area (Å²) in [4.78, 5) is 26.1. The first-order valence-electron chi connectivity index (χ1n) is 7.29. The summed E-state index contributed by atoms with van der Waals surface area (Å²) in [5.74, 6) is 5.12. The van der Waals surface area contributed by atoms with Crippen LogP contribution >= 0.6 is 0 Å². The molecule has 0 bridgehead atoms. The summed E-state index contributed by atoms with van der Waals surface area (Å²) in [7, 11) is 0. The van der Waals surface area contributed by atoms with Crippen LogP contribution in [0.2, 0.25) is 0 Å². The van der Waals surface area contributed by atoms with Gasteiger partial charge in [0.25, 0.3) is 5.91 Å². The molecule has 2 amide bonds. The number of nitrogens with two attached hydrogens (primary N) is 1. The van der Waals surface area contributed by atoms with E-state index in [4.69, 9.17) is 10.6 Å². The lowest BCUT2D eigenvalue weighted by Gasteiger charge is -2.34. The van der Waals surface area contributed by atoms with E-state index in [0.29, 0.717) is 11.4 Å². The standard InChI is InChI=1S/C17H17N3O3/c18-19-17(22)15-11-20(13-8-4-5-9-14(13)23-15)16(21)10-12-6-2-1-3-7-12/h1-9,15H,10-11,18H2,(H,19,22). The largest absolute Gasteiger partial charge is 0.476 e. The summed E-state index contributed by atoms with van der Waals surface area (Å²) >= 11 is 0. The molecule has 118 valence electrons. The lowest BCUT2D eigenvalue weighted by atomic mass is 10.1. The number of carbonyl (C=O) groups is 2. The van der Waals surface area contributed by atoms with Crippen molar-refractivity contribution in [3.05, 3.63) is 60.2 Å². The molecule has 1 atom stereocenters. The Balaban J connectivity index is 1.87. The fourth-order valence-corrected chi connectivity index (χ4v) is 2.57. The van der Waals surface area contributed by atoms with Gasteiger partial charge in [-0.15, -0.1) is 0 Å². The number of hydrogen-bond donors (Lipinski definition) is 2. The number of carbonyl (C=O) groups excluding carboxylic acids is 2.